The molecule has 1 atom stereocenters. The Morgan fingerprint density at radius 2 is 2.21 bits per heavy atom. The molecule has 3 rings (SSSR count). The van der Waals surface area contributed by atoms with Gasteiger partial charge in [-0.15, -0.1) is 35.3 Å². The van der Waals surface area contributed by atoms with Gasteiger partial charge < -0.3 is 20.3 Å². The Morgan fingerprint density at radius 3 is 2.97 bits per heavy atom. The Balaban J connectivity index is 0.00000300. The number of aliphatic imine (C=N–C) groups is 1. The number of carbonyl (C=O) groups is 1. The molecule has 1 aliphatic rings. The van der Waals surface area contributed by atoms with E-state index in [4.69, 9.17) is 4.74 Å². The second kappa shape index (κ2) is 11.3. The molecular formula is C20H26FIN4O2S. The van der Waals surface area contributed by atoms with Crippen LogP contribution in [0.5, 0.6) is 5.75 Å². The number of thiophene rings is 1. The number of hydrogen-bond donors (Lipinski definition) is 2. The lowest BCUT2D eigenvalue weighted by Crippen LogP contribution is -2.47. The largest absolute Gasteiger partial charge is 0.489 e. The lowest BCUT2D eigenvalue weighted by Gasteiger charge is -2.27. The van der Waals surface area contributed by atoms with Gasteiger partial charge in [-0.1, -0.05) is 6.07 Å². The molecule has 0 saturated heterocycles. The molecule has 1 aliphatic heterocycles. The van der Waals surface area contributed by atoms with E-state index in [2.05, 4.69) is 27.1 Å². The fourth-order valence-electron chi connectivity index (χ4n) is 3.01. The third-order valence-corrected chi connectivity index (χ3v) is 5.50. The van der Waals surface area contributed by atoms with Crippen molar-refractivity contribution in [1.82, 2.24) is 15.5 Å². The molecule has 29 heavy (non-hydrogen) atoms. The predicted molar refractivity (Wildman–Crippen MR) is 125 cm³/mol. The minimum atomic E-state index is -0.332. The summed E-state index contributed by atoms with van der Waals surface area (Å²) < 4.78 is 18.9. The topological polar surface area (TPSA) is 66.0 Å². The van der Waals surface area contributed by atoms with Gasteiger partial charge in [0.15, 0.2) is 5.96 Å². The molecule has 6 nitrogen and oxygen atoms in total. The lowest BCUT2D eigenvalue weighted by molar-refractivity contribution is -0.130. The number of rotatable bonds is 6. The molecule has 0 bridgehead atoms. The van der Waals surface area contributed by atoms with E-state index in [1.165, 1.54) is 22.6 Å². The van der Waals surface area contributed by atoms with Crippen LogP contribution >= 0.6 is 35.3 Å². The summed E-state index contributed by atoms with van der Waals surface area (Å²) in [6.07, 6.45) is 0.718. The molecule has 158 valence electrons. The number of halogens is 2. The van der Waals surface area contributed by atoms with Crippen molar-refractivity contribution in [2.24, 2.45) is 4.99 Å². The van der Waals surface area contributed by atoms with Crippen molar-refractivity contribution in [1.29, 1.82) is 0 Å². The molecule has 2 N–H and O–H groups in total. The van der Waals surface area contributed by atoms with Crippen molar-refractivity contribution in [3.63, 3.8) is 0 Å². The maximum atomic E-state index is 13.2. The average molecular weight is 532 g/mol. The van der Waals surface area contributed by atoms with E-state index in [0.717, 1.165) is 13.0 Å². The van der Waals surface area contributed by atoms with Gasteiger partial charge in [0.2, 0.25) is 5.91 Å². The second-order valence-corrected chi connectivity index (χ2v) is 7.63. The first kappa shape index (κ1) is 23.4. The van der Waals surface area contributed by atoms with Crippen LogP contribution in [0.25, 0.3) is 0 Å². The van der Waals surface area contributed by atoms with Crippen LogP contribution in [0.15, 0.2) is 40.7 Å². The van der Waals surface area contributed by atoms with Gasteiger partial charge >= 0.3 is 0 Å². The maximum Gasteiger partial charge on any atom is 0.242 e. The molecule has 1 aromatic carbocycles. The van der Waals surface area contributed by atoms with Crippen LogP contribution in [-0.4, -0.2) is 49.6 Å². The number of guanidine groups is 1. The summed E-state index contributed by atoms with van der Waals surface area (Å²) in [5.41, 5.74) is 1.25. The van der Waals surface area contributed by atoms with E-state index in [1.54, 1.807) is 30.5 Å². The zero-order chi connectivity index (χ0) is 19.9. The highest BCUT2D eigenvalue weighted by Gasteiger charge is 2.21. The monoisotopic (exact) mass is 532 g/mol. The highest BCUT2D eigenvalue weighted by atomic mass is 127. The molecule has 0 spiro atoms. The summed E-state index contributed by atoms with van der Waals surface area (Å²) in [7, 11) is 1.65. The predicted octanol–water partition coefficient (Wildman–Crippen LogP) is 3.02. The van der Waals surface area contributed by atoms with Crippen molar-refractivity contribution in [3.05, 3.63) is 52.0 Å². The Morgan fingerprint density at radius 1 is 1.38 bits per heavy atom. The van der Waals surface area contributed by atoms with Crippen LogP contribution in [0.3, 0.4) is 0 Å². The number of nitrogens with one attached hydrogen (secondary N) is 2. The number of amides is 1. The number of nitrogens with zero attached hydrogens (tertiary/aromatic N) is 2. The smallest absolute Gasteiger partial charge is 0.242 e. The Labute approximate surface area is 191 Å². The van der Waals surface area contributed by atoms with Gasteiger partial charge in [-0.2, -0.15) is 0 Å². The quantitative estimate of drug-likeness (QED) is 0.341. The van der Waals surface area contributed by atoms with E-state index >= 15 is 0 Å². The number of hydrogen-bond acceptors (Lipinski definition) is 4. The maximum absolute atomic E-state index is 13.2. The van der Waals surface area contributed by atoms with Crippen molar-refractivity contribution in [2.45, 2.75) is 26.0 Å². The Kier molecular flexibility index (Phi) is 9.15. The summed E-state index contributed by atoms with van der Waals surface area (Å²) in [5.74, 6) is 0.714. The summed E-state index contributed by atoms with van der Waals surface area (Å²) >= 11 is 1.76. The molecule has 1 amide bonds. The van der Waals surface area contributed by atoms with Gasteiger partial charge in [-0.05, 0) is 42.5 Å². The van der Waals surface area contributed by atoms with Crippen molar-refractivity contribution in [3.8, 4) is 5.75 Å². The minimum Gasteiger partial charge on any atom is -0.489 e. The zero-order valence-electron chi connectivity index (χ0n) is 16.5. The third kappa shape index (κ3) is 6.84. The van der Waals surface area contributed by atoms with Gasteiger partial charge in [0.1, 0.15) is 17.7 Å². The van der Waals surface area contributed by atoms with Crippen LogP contribution in [0, 0.1) is 5.82 Å². The van der Waals surface area contributed by atoms with Crippen LogP contribution < -0.4 is 15.4 Å². The summed E-state index contributed by atoms with van der Waals surface area (Å²) in [4.78, 5) is 19.9. The normalized spacial score (nSPS) is 14.4. The average Bonchev–Trinajstić information content (AvgIpc) is 3.15. The molecule has 2 heterocycles. The first-order valence-corrected chi connectivity index (χ1v) is 10.1. The molecule has 0 fully saturated rings. The van der Waals surface area contributed by atoms with E-state index in [9.17, 15) is 9.18 Å². The summed E-state index contributed by atoms with van der Waals surface area (Å²) in [5, 5.41) is 8.25. The number of ether oxygens (including phenoxy) is 1. The van der Waals surface area contributed by atoms with Gasteiger partial charge in [-0.3, -0.25) is 9.79 Å². The van der Waals surface area contributed by atoms with Gasteiger partial charge in [0.05, 0.1) is 13.1 Å². The molecule has 1 unspecified atom stereocenters. The van der Waals surface area contributed by atoms with E-state index < -0.39 is 0 Å². The molecule has 0 radical (unpaired) electrons. The summed E-state index contributed by atoms with van der Waals surface area (Å²) in [6, 6.07) is 8.13. The number of fused-ring (bicyclic) bond motifs is 1. The fraction of sp³-hybridized carbons (Fsp3) is 0.400. The Bertz CT molecular complexity index is 845. The molecule has 9 heteroatoms. The lowest BCUT2D eigenvalue weighted by atomic mass is 10.1. The highest BCUT2D eigenvalue weighted by Crippen LogP contribution is 2.23. The van der Waals surface area contributed by atoms with Gasteiger partial charge in [-0.25, -0.2) is 4.39 Å². The van der Waals surface area contributed by atoms with Crippen molar-refractivity contribution < 1.29 is 13.9 Å². The van der Waals surface area contributed by atoms with E-state index in [1.807, 2.05) is 11.8 Å². The number of carbonyl (C=O) groups excluding carboxylic acids is 1. The molecule has 1 aromatic heterocycles. The van der Waals surface area contributed by atoms with Crippen LogP contribution in [0.4, 0.5) is 4.39 Å². The highest BCUT2D eigenvalue weighted by molar-refractivity contribution is 14.0. The minimum absolute atomic E-state index is 0. The van der Waals surface area contributed by atoms with Crippen LogP contribution in [-0.2, 0) is 17.8 Å². The van der Waals surface area contributed by atoms with E-state index in [0.29, 0.717) is 24.8 Å². The zero-order valence-corrected chi connectivity index (χ0v) is 19.6. The molecule has 0 aliphatic carbocycles. The van der Waals surface area contributed by atoms with Crippen LogP contribution in [0.1, 0.15) is 17.4 Å². The number of benzene rings is 1. The SMILES string of the molecule is CN=C(NCC(=O)N1CCc2sccc2C1)NCC(C)Oc1cccc(F)c1.I. The van der Waals surface area contributed by atoms with Crippen molar-refractivity contribution in [2.75, 3.05) is 26.7 Å². The Hall–Kier alpha value is -1.88. The first-order chi connectivity index (χ1) is 13.5. The van der Waals surface area contributed by atoms with Crippen molar-refractivity contribution >= 4 is 47.2 Å². The summed E-state index contributed by atoms with van der Waals surface area (Å²) in [6.45, 7) is 3.94. The standard InChI is InChI=1S/C20H25FN4O2S.HI/c1-14(27-17-5-3-4-16(21)10-17)11-23-20(22-2)24-12-19(26)25-8-6-18-15(13-25)7-9-28-18;/h3-5,7,9-10,14H,6,8,11-13H2,1-2H3,(H2,22,23,24);1H. The molecule has 2 aromatic rings. The second-order valence-electron chi connectivity index (χ2n) is 6.63. The fourth-order valence-corrected chi connectivity index (χ4v) is 3.90. The first-order valence-electron chi connectivity index (χ1n) is 9.25. The van der Waals surface area contributed by atoms with Gasteiger partial charge in [0.25, 0.3) is 0 Å². The third-order valence-electron chi connectivity index (χ3n) is 4.48. The molecule has 0 saturated carbocycles. The van der Waals surface area contributed by atoms with E-state index in [-0.39, 0.29) is 48.3 Å². The molecular weight excluding hydrogens is 506 g/mol. The van der Waals surface area contributed by atoms with Gasteiger partial charge in [0, 0.05) is 31.1 Å². The van der Waals surface area contributed by atoms with Crippen LogP contribution in [0.2, 0.25) is 0 Å².